The lowest BCUT2D eigenvalue weighted by molar-refractivity contribution is -0.119. The van der Waals surface area contributed by atoms with Crippen molar-refractivity contribution < 1.29 is 22.8 Å². The number of rotatable bonds is 10. The molecule has 0 unspecified atom stereocenters. The van der Waals surface area contributed by atoms with Crippen molar-refractivity contribution in [2.45, 2.75) is 51.7 Å². The maximum absolute atomic E-state index is 13.2. The molecule has 8 nitrogen and oxygen atoms in total. The van der Waals surface area contributed by atoms with Crippen LogP contribution in [0.4, 0.5) is 19.0 Å². The van der Waals surface area contributed by atoms with Crippen molar-refractivity contribution in [3.8, 4) is 0 Å². The molecule has 0 spiro atoms. The van der Waals surface area contributed by atoms with Crippen LogP contribution >= 0.6 is 0 Å². The molecule has 5 N–H and O–H groups in total. The predicted octanol–water partition coefficient (Wildman–Crippen LogP) is 3.68. The molecule has 1 saturated carbocycles. The number of aliphatic imine (C=N–C) groups is 1. The van der Waals surface area contributed by atoms with E-state index < -0.39 is 11.7 Å². The number of aromatic nitrogens is 1. The Labute approximate surface area is 204 Å². The number of allylic oxidation sites excluding steroid dienone is 2. The van der Waals surface area contributed by atoms with Gasteiger partial charge in [0, 0.05) is 32.1 Å². The Bertz CT molecular complexity index is 920. The maximum Gasteiger partial charge on any atom is 0.419 e. The third-order valence-electron chi connectivity index (χ3n) is 6.18. The van der Waals surface area contributed by atoms with E-state index in [0.717, 1.165) is 25.7 Å². The Morgan fingerprint density at radius 2 is 2.00 bits per heavy atom. The fourth-order valence-corrected chi connectivity index (χ4v) is 4.13. The molecule has 194 valence electrons. The van der Waals surface area contributed by atoms with E-state index >= 15 is 0 Å². The van der Waals surface area contributed by atoms with E-state index in [9.17, 15) is 18.0 Å². The second kappa shape index (κ2) is 13.1. The number of likely N-dealkylation sites (N-methyl/N-ethyl adjacent to an activating group) is 1. The number of anilines is 1. The lowest BCUT2D eigenvalue weighted by atomic mass is 9.79. The molecule has 1 aromatic heterocycles. The number of alkyl halides is 3. The molecule has 2 rings (SSSR count). The van der Waals surface area contributed by atoms with Crippen molar-refractivity contribution in [3.63, 3.8) is 0 Å². The summed E-state index contributed by atoms with van der Waals surface area (Å²) in [4.78, 5) is 26.1. The van der Waals surface area contributed by atoms with Gasteiger partial charge >= 0.3 is 6.18 Å². The van der Waals surface area contributed by atoms with Gasteiger partial charge in [0.15, 0.2) is 0 Å². The van der Waals surface area contributed by atoms with Crippen LogP contribution in [0.3, 0.4) is 0 Å². The molecule has 35 heavy (non-hydrogen) atoms. The van der Waals surface area contributed by atoms with Crippen LogP contribution in [0.25, 0.3) is 0 Å². The zero-order chi connectivity index (χ0) is 26.0. The fourth-order valence-electron chi connectivity index (χ4n) is 4.13. The minimum absolute atomic E-state index is 0.166. The molecule has 1 aliphatic rings. The fraction of sp³-hybridized carbons (Fsp3) is 0.542. The molecular formula is C24H35F3N6O2. The van der Waals surface area contributed by atoms with E-state index in [-0.39, 0.29) is 35.7 Å². The summed E-state index contributed by atoms with van der Waals surface area (Å²) in [5.41, 5.74) is 7.19. The van der Waals surface area contributed by atoms with Crippen LogP contribution in [0.2, 0.25) is 0 Å². The summed E-state index contributed by atoms with van der Waals surface area (Å²) in [7, 11) is 2.95. The molecule has 0 bridgehead atoms. The average molecular weight is 497 g/mol. The van der Waals surface area contributed by atoms with Crippen LogP contribution in [-0.2, 0) is 9.63 Å². The summed E-state index contributed by atoms with van der Waals surface area (Å²) in [5.74, 6) is 1.04. The number of carbonyl (C=O) groups is 1. The normalized spacial score (nSPS) is 20.8. The van der Waals surface area contributed by atoms with Crippen molar-refractivity contribution in [3.05, 3.63) is 47.4 Å². The smallest absolute Gasteiger partial charge is 0.404 e. The highest BCUT2D eigenvalue weighted by Gasteiger charge is 2.37. The predicted molar refractivity (Wildman–Crippen MR) is 130 cm³/mol. The van der Waals surface area contributed by atoms with Gasteiger partial charge in [-0.3, -0.25) is 14.6 Å². The van der Waals surface area contributed by atoms with Crippen molar-refractivity contribution >= 4 is 17.4 Å². The van der Waals surface area contributed by atoms with Crippen LogP contribution in [0, 0.1) is 11.8 Å². The van der Waals surface area contributed by atoms with Crippen LogP contribution < -0.4 is 21.8 Å². The van der Waals surface area contributed by atoms with E-state index in [1.807, 2.05) is 0 Å². The Morgan fingerprint density at radius 3 is 2.49 bits per heavy atom. The standard InChI is InChI=1S/C24H35F3N6O2/c1-5-19(29-3)23(34)32-20(16-8-6-15(2)7-9-16)14-35-33-21-11-10-17(13-31-21)22(30-4)18(12-28)24(25,26)27/h5,10-13,15-16,20,29H,6-9,14,28H2,1-4H3,(H,31,33)(H,32,34)/b18-12+,19-5-,30-22?/t15?,16?,20-/m1/s1. The van der Waals surface area contributed by atoms with Gasteiger partial charge in [0.2, 0.25) is 0 Å². The number of hydrogen-bond donors (Lipinski definition) is 4. The lowest BCUT2D eigenvalue weighted by Crippen LogP contribution is -2.46. The van der Waals surface area contributed by atoms with Gasteiger partial charge in [-0.15, -0.1) is 0 Å². The van der Waals surface area contributed by atoms with Crippen molar-refractivity contribution in [1.82, 2.24) is 15.6 Å². The summed E-state index contributed by atoms with van der Waals surface area (Å²) in [6.45, 7) is 4.21. The second-order valence-corrected chi connectivity index (χ2v) is 8.55. The van der Waals surface area contributed by atoms with Crippen LogP contribution in [0.15, 0.2) is 46.9 Å². The minimum atomic E-state index is -4.64. The van der Waals surface area contributed by atoms with Crippen molar-refractivity contribution in [2.75, 3.05) is 26.2 Å². The molecule has 1 amide bonds. The molecule has 0 aliphatic heterocycles. The molecule has 1 atom stereocenters. The largest absolute Gasteiger partial charge is 0.419 e. The minimum Gasteiger partial charge on any atom is -0.404 e. The number of carbonyl (C=O) groups excluding carboxylic acids is 1. The number of nitrogens with zero attached hydrogens (tertiary/aromatic N) is 2. The highest BCUT2D eigenvalue weighted by Crippen LogP contribution is 2.31. The highest BCUT2D eigenvalue weighted by atomic mass is 19.4. The topological polar surface area (TPSA) is 114 Å². The van der Waals surface area contributed by atoms with E-state index in [0.29, 0.717) is 23.6 Å². The summed E-state index contributed by atoms with van der Waals surface area (Å²) < 4.78 is 39.6. The molecule has 11 heteroatoms. The third-order valence-corrected chi connectivity index (χ3v) is 6.18. The Kier molecular flexibility index (Phi) is 10.6. The number of pyridine rings is 1. The van der Waals surface area contributed by atoms with Crippen LogP contribution in [0.1, 0.15) is 45.1 Å². The van der Waals surface area contributed by atoms with Crippen LogP contribution in [0.5, 0.6) is 0 Å². The molecule has 1 aliphatic carbocycles. The maximum atomic E-state index is 13.2. The van der Waals surface area contributed by atoms with Gasteiger partial charge < -0.3 is 16.4 Å². The average Bonchev–Trinajstić information content (AvgIpc) is 2.83. The molecule has 0 aromatic carbocycles. The lowest BCUT2D eigenvalue weighted by Gasteiger charge is -2.33. The summed E-state index contributed by atoms with van der Waals surface area (Å²) in [5, 5.41) is 5.94. The number of nitrogens with two attached hydrogens (primary N) is 1. The van der Waals surface area contributed by atoms with Gasteiger partial charge in [-0.1, -0.05) is 25.8 Å². The monoisotopic (exact) mass is 496 g/mol. The van der Waals surface area contributed by atoms with E-state index in [4.69, 9.17) is 10.6 Å². The van der Waals surface area contributed by atoms with Gasteiger partial charge in [0.05, 0.1) is 29.6 Å². The highest BCUT2D eigenvalue weighted by molar-refractivity contribution is 6.13. The quantitative estimate of drug-likeness (QED) is 0.223. The molecule has 0 saturated heterocycles. The molecule has 1 heterocycles. The summed E-state index contributed by atoms with van der Waals surface area (Å²) in [6, 6.07) is 2.72. The molecule has 1 aromatic rings. The van der Waals surface area contributed by atoms with Crippen molar-refractivity contribution in [2.24, 2.45) is 22.6 Å². The number of halogens is 3. The van der Waals surface area contributed by atoms with Crippen LogP contribution in [-0.4, -0.2) is 49.5 Å². The Morgan fingerprint density at radius 1 is 1.31 bits per heavy atom. The Balaban J connectivity index is 2.05. The third kappa shape index (κ3) is 7.98. The zero-order valence-electron chi connectivity index (χ0n) is 20.6. The van der Waals surface area contributed by atoms with Gasteiger partial charge in [0.25, 0.3) is 5.91 Å². The first-order valence-corrected chi connectivity index (χ1v) is 11.6. The number of hydrogen-bond acceptors (Lipinski definition) is 7. The first-order chi connectivity index (χ1) is 16.6. The van der Waals surface area contributed by atoms with Gasteiger partial charge in [-0.2, -0.15) is 13.2 Å². The first kappa shape index (κ1) is 28.2. The second-order valence-electron chi connectivity index (χ2n) is 8.55. The van der Waals surface area contributed by atoms with E-state index in [1.54, 1.807) is 20.0 Å². The number of amides is 1. The van der Waals surface area contributed by atoms with Gasteiger partial charge in [0.1, 0.15) is 5.82 Å². The molecule has 1 fully saturated rings. The van der Waals surface area contributed by atoms with E-state index in [1.165, 1.54) is 25.4 Å². The Hall–Kier alpha value is -3.08. The SMILES string of the molecule is C/C=C(\NC)C(=O)N[C@H](CONc1ccc(C(=NC)/C(=C\N)C(F)(F)F)cn1)C1CCC(C)CC1. The summed E-state index contributed by atoms with van der Waals surface area (Å²) in [6.07, 6.45) is 2.98. The van der Waals surface area contributed by atoms with Gasteiger partial charge in [-0.05, 0) is 43.7 Å². The number of nitrogens with one attached hydrogen (secondary N) is 3. The zero-order valence-corrected chi connectivity index (χ0v) is 20.6. The first-order valence-electron chi connectivity index (χ1n) is 11.6. The molecular weight excluding hydrogens is 461 g/mol. The van der Waals surface area contributed by atoms with Crippen molar-refractivity contribution in [1.29, 1.82) is 0 Å². The molecule has 0 radical (unpaired) electrons. The van der Waals surface area contributed by atoms with E-state index in [2.05, 4.69) is 33.0 Å². The van der Waals surface area contributed by atoms with Gasteiger partial charge in [-0.25, -0.2) is 10.5 Å². The summed E-state index contributed by atoms with van der Waals surface area (Å²) >= 11 is 0.